The number of fused-ring (bicyclic) bond motifs is 1. The van der Waals surface area contributed by atoms with Crippen LogP contribution in [0.5, 0.6) is 0 Å². The number of aryl methyl sites for hydroxylation is 3. The van der Waals surface area contributed by atoms with Crippen molar-refractivity contribution in [2.24, 2.45) is 0 Å². The van der Waals surface area contributed by atoms with Gasteiger partial charge in [-0.05, 0) is 50.4 Å². The SMILES string of the molecule is CCCn1c(CNCCCc2cn[nH]c2C)nc2ccccc21. The molecule has 0 spiro atoms. The first-order valence-electron chi connectivity index (χ1n) is 8.43. The quantitative estimate of drug-likeness (QED) is 0.628. The Morgan fingerprint density at radius 1 is 1.26 bits per heavy atom. The van der Waals surface area contributed by atoms with E-state index in [1.54, 1.807) is 0 Å². The Balaban J connectivity index is 1.56. The summed E-state index contributed by atoms with van der Waals surface area (Å²) in [6.45, 7) is 7.10. The van der Waals surface area contributed by atoms with Crippen LogP contribution in [0.2, 0.25) is 0 Å². The molecular weight excluding hydrogens is 286 g/mol. The molecule has 0 atom stereocenters. The van der Waals surface area contributed by atoms with E-state index in [-0.39, 0.29) is 0 Å². The summed E-state index contributed by atoms with van der Waals surface area (Å²) in [4.78, 5) is 4.78. The number of hydrogen-bond acceptors (Lipinski definition) is 3. The Morgan fingerprint density at radius 2 is 2.13 bits per heavy atom. The van der Waals surface area contributed by atoms with Gasteiger partial charge < -0.3 is 9.88 Å². The van der Waals surface area contributed by atoms with Crippen LogP contribution in [0.15, 0.2) is 30.5 Å². The molecule has 0 amide bonds. The van der Waals surface area contributed by atoms with Crippen molar-refractivity contribution >= 4 is 11.0 Å². The summed E-state index contributed by atoms with van der Waals surface area (Å²) in [6.07, 6.45) is 5.21. The number of hydrogen-bond donors (Lipinski definition) is 2. The van der Waals surface area contributed by atoms with Crippen LogP contribution in [-0.2, 0) is 19.5 Å². The number of rotatable bonds is 8. The maximum atomic E-state index is 4.78. The standard InChI is InChI=1S/C18H25N5/c1-3-11-23-17-9-5-4-8-16(17)21-18(23)13-19-10-6-7-15-12-20-22-14(15)2/h4-5,8-9,12,19H,3,6-7,10-11,13H2,1-2H3,(H,20,22). The van der Waals surface area contributed by atoms with Crippen molar-refractivity contribution in [3.63, 3.8) is 0 Å². The Bertz CT molecular complexity index is 756. The molecular formula is C18H25N5. The first-order valence-corrected chi connectivity index (χ1v) is 8.43. The molecule has 0 aliphatic heterocycles. The van der Waals surface area contributed by atoms with Gasteiger partial charge in [0.15, 0.2) is 0 Å². The number of aromatic amines is 1. The molecule has 3 rings (SSSR count). The van der Waals surface area contributed by atoms with Gasteiger partial charge >= 0.3 is 0 Å². The largest absolute Gasteiger partial charge is 0.327 e. The molecule has 1 aromatic carbocycles. The molecule has 3 aromatic rings. The van der Waals surface area contributed by atoms with E-state index in [2.05, 4.69) is 58.2 Å². The summed E-state index contributed by atoms with van der Waals surface area (Å²) in [5.41, 5.74) is 4.81. The van der Waals surface area contributed by atoms with Crippen molar-refractivity contribution in [3.05, 3.63) is 47.5 Å². The fourth-order valence-corrected chi connectivity index (χ4v) is 2.97. The molecule has 0 saturated carbocycles. The maximum Gasteiger partial charge on any atom is 0.123 e. The summed E-state index contributed by atoms with van der Waals surface area (Å²) >= 11 is 0. The summed E-state index contributed by atoms with van der Waals surface area (Å²) in [5.74, 6) is 1.13. The monoisotopic (exact) mass is 311 g/mol. The fourth-order valence-electron chi connectivity index (χ4n) is 2.97. The number of nitrogens with zero attached hydrogens (tertiary/aromatic N) is 3. The second-order valence-corrected chi connectivity index (χ2v) is 5.97. The zero-order valence-corrected chi connectivity index (χ0v) is 14.0. The average Bonchev–Trinajstić information content (AvgIpc) is 3.12. The number of benzene rings is 1. The van der Waals surface area contributed by atoms with E-state index in [0.717, 1.165) is 50.2 Å². The van der Waals surface area contributed by atoms with E-state index in [4.69, 9.17) is 4.98 Å². The van der Waals surface area contributed by atoms with Gasteiger partial charge in [-0.1, -0.05) is 19.1 Å². The van der Waals surface area contributed by atoms with Gasteiger partial charge in [-0.2, -0.15) is 5.10 Å². The first kappa shape index (κ1) is 15.7. The van der Waals surface area contributed by atoms with E-state index in [0.29, 0.717) is 0 Å². The van der Waals surface area contributed by atoms with Crippen molar-refractivity contribution in [3.8, 4) is 0 Å². The summed E-state index contributed by atoms with van der Waals surface area (Å²) in [7, 11) is 0. The third-order valence-corrected chi connectivity index (χ3v) is 4.20. The minimum absolute atomic E-state index is 0.819. The number of nitrogens with one attached hydrogen (secondary N) is 2. The lowest BCUT2D eigenvalue weighted by molar-refractivity contribution is 0.586. The number of H-pyrrole nitrogens is 1. The van der Waals surface area contributed by atoms with Crippen LogP contribution in [0.1, 0.15) is 36.8 Å². The van der Waals surface area contributed by atoms with Crippen molar-refractivity contribution < 1.29 is 0 Å². The van der Waals surface area contributed by atoms with Crippen LogP contribution in [-0.4, -0.2) is 26.3 Å². The molecule has 2 N–H and O–H groups in total. The molecule has 0 radical (unpaired) electrons. The van der Waals surface area contributed by atoms with Crippen molar-refractivity contribution in [2.45, 2.75) is 46.2 Å². The van der Waals surface area contributed by atoms with Crippen LogP contribution >= 0.6 is 0 Å². The summed E-state index contributed by atoms with van der Waals surface area (Å²) in [5, 5.41) is 10.6. The molecule has 2 aromatic heterocycles. The molecule has 0 unspecified atom stereocenters. The van der Waals surface area contributed by atoms with Gasteiger partial charge in [0.05, 0.1) is 23.8 Å². The van der Waals surface area contributed by atoms with Crippen LogP contribution in [0.4, 0.5) is 0 Å². The summed E-state index contributed by atoms with van der Waals surface area (Å²) < 4.78 is 2.34. The predicted octanol–water partition coefficient (Wildman–Crippen LogP) is 3.20. The van der Waals surface area contributed by atoms with Gasteiger partial charge in [0.25, 0.3) is 0 Å². The summed E-state index contributed by atoms with van der Waals surface area (Å²) in [6, 6.07) is 8.38. The van der Waals surface area contributed by atoms with E-state index in [9.17, 15) is 0 Å². The van der Waals surface area contributed by atoms with Crippen molar-refractivity contribution in [1.82, 2.24) is 25.1 Å². The molecule has 0 aliphatic rings. The Hall–Kier alpha value is -2.14. The molecule has 0 bridgehead atoms. The van der Waals surface area contributed by atoms with Crippen molar-refractivity contribution in [1.29, 1.82) is 0 Å². The fraction of sp³-hybridized carbons (Fsp3) is 0.444. The zero-order chi connectivity index (χ0) is 16.1. The molecule has 122 valence electrons. The Kier molecular flexibility index (Phi) is 5.08. The Labute approximate surface area is 137 Å². The highest BCUT2D eigenvalue weighted by Gasteiger charge is 2.09. The van der Waals surface area contributed by atoms with E-state index in [1.165, 1.54) is 16.8 Å². The lowest BCUT2D eigenvalue weighted by Crippen LogP contribution is -2.18. The lowest BCUT2D eigenvalue weighted by Gasteiger charge is -2.09. The van der Waals surface area contributed by atoms with E-state index in [1.807, 2.05) is 6.20 Å². The van der Waals surface area contributed by atoms with Crippen molar-refractivity contribution in [2.75, 3.05) is 6.54 Å². The smallest absolute Gasteiger partial charge is 0.123 e. The topological polar surface area (TPSA) is 58.5 Å². The minimum Gasteiger partial charge on any atom is -0.327 e. The zero-order valence-electron chi connectivity index (χ0n) is 14.0. The highest BCUT2D eigenvalue weighted by atomic mass is 15.1. The van der Waals surface area contributed by atoms with Crippen LogP contribution in [0.25, 0.3) is 11.0 Å². The molecule has 0 fully saturated rings. The molecule has 5 heteroatoms. The number of aromatic nitrogens is 4. The minimum atomic E-state index is 0.819. The van der Waals surface area contributed by atoms with E-state index < -0.39 is 0 Å². The molecule has 5 nitrogen and oxygen atoms in total. The van der Waals surface area contributed by atoms with Crippen LogP contribution in [0.3, 0.4) is 0 Å². The third kappa shape index (κ3) is 3.62. The van der Waals surface area contributed by atoms with Gasteiger partial charge in [-0.15, -0.1) is 0 Å². The predicted molar refractivity (Wildman–Crippen MR) is 93.4 cm³/mol. The van der Waals surface area contributed by atoms with Gasteiger partial charge in [-0.3, -0.25) is 5.10 Å². The molecule has 0 saturated heterocycles. The Morgan fingerprint density at radius 3 is 2.91 bits per heavy atom. The number of imidazole rings is 1. The molecule has 0 aliphatic carbocycles. The highest BCUT2D eigenvalue weighted by molar-refractivity contribution is 5.75. The number of para-hydroxylation sites is 2. The second-order valence-electron chi connectivity index (χ2n) is 5.97. The molecule has 23 heavy (non-hydrogen) atoms. The van der Waals surface area contributed by atoms with Gasteiger partial charge in [0, 0.05) is 12.2 Å². The van der Waals surface area contributed by atoms with Gasteiger partial charge in [0.1, 0.15) is 5.82 Å². The maximum absolute atomic E-state index is 4.78. The average molecular weight is 311 g/mol. The van der Waals surface area contributed by atoms with E-state index >= 15 is 0 Å². The lowest BCUT2D eigenvalue weighted by atomic mass is 10.1. The van der Waals surface area contributed by atoms with Crippen LogP contribution in [0, 0.1) is 6.92 Å². The van der Waals surface area contributed by atoms with Gasteiger partial charge in [-0.25, -0.2) is 4.98 Å². The van der Waals surface area contributed by atoms with Gasteiger partial charge in [0.2, 0.25) is 0 Å². The van der Waals surface area contributed by atoms with Crippen LogP contribution < -0.4 is 5.32 Å². The first-order chi connectivity index (χ1) is 11.3. The third-order valence-electron chi connectivity index (χ3n) is 4.20. The molecule has 2 heterocycles. The highest BCUT2D eigenvalue weighted by Crippen LogP contribution is 2.16. The normalized spacial score (nSPS) is 11.4. The second kappa shape index (κ2) is 7.42.